The van der Waals surface area contributed by atoms with Crippen LogP contribution in [0.5, 0.6) is 0 Å². The smallest absolute Gasteiger partial charge is 0.306 e. The Balaban J connectivity index is 4.46. The molecular formula is C75H120O6. The molecular weight excluding hydrogens is 997 g/mol. The molecule has 0 saturated carbocycles. The Morgan fingerprint density at radius 3 is 0.753 bits per heavy atom. The summed E-state index contributed by atoms with van der Waals surface area (Å²) in [6.07, 6.45) is 98.1. The van der Waals surface area contributed by atoms with Crippen LogP contribution < -0.4 is 0 Å². The van der Waals surface area contributed by atoms with Crippen LogP contribution in [0, 0.1) is 0 Å². The molecule has 0 bridgehead atoms. The van der Waals surface area contributed by atoms with Crippen LogP contribution in [0.3, 0.4) is 0 Å². The lowest BCUT2D eigenvalue weighted by molar-refractivity contribution is -0.167. The molecule has 0 aliphatic rings. The fraction of sp³-hybridized carbons (Fsp3) is 0.613. The largest absolute Gasteiger partial charge is 0.462 e. The molecule has 6 heteroatoms. The molecule has 0 aromatic rings. The van der Waals surface area contributed by atoms with E-state index in [-0.39, 0.29) is 37.5 Å². The van der Waals surface area contributed by atoms with Gasteiger partial charge in [0.05, 0.1) is 0 Å². The summed E-state index contributed by atoms with van der Waals surface area (Å²) in [5.74, 6) is -0.944. The average Bonchev–Trinajstić information content (AvgIpc) is 3.46. The molecule has 0 amide bonds. The lowest BCUT2D eigenvalue weighted by Crippen LogP contribution is -2.30. The Morgan fingerprint density at radius 2 is 0.481 bits per heavy atom. The SMILES string of the molecule is CC/C=C\C/C=C\C/C=C\C/C=C\C/C=C\C/C=C\C/C=C\CCCCCCCC(=O)OCC(COC(=O)CCCCCCCCCCCCCCC)OC(=O)CCCCCC/C=C\C/C=C\C/C=C\C/C=C\C/C=C\C/C=C\CC. The zero-order valence-electron chi connectivity index (χ0n) is 52.2. The van der Waals surface area contributed by atoms with Gasteiger partial charge >= 0.3 is 17.9 Å². The Morgan fingerprint density at radius 1 is 0.259 bits per heavy atom. The molecule has 0 rings (SSSR count). The summed E-state index contributed by atoms with van der Waals surface area (Å²) in [4.78, 5) is 38.4. The molecule has 0 heterocycles. The number of carbonyl (C=O) groups is 3. The normalized spacial score (nSPS) is 13.2. The zero-order chi connectivity index (χ0) is 58.5. The maximum atomic E-state index is 12.9. The second kappa shape index (κ2) is 67.5. The van der Waals surface area contributed by atoms with E-state index in [1.165, 1.54) is 64.2 Å². The highest BCUT2D eigenvalue weighted by atomic mass is 16.6. The van der Waals surface area contributed by atoms with Crippen molar-refractivity contribution in [3.8, 4) is 0 Å². The van der Waals surface area contributed by atoms with Gasteiger partial charge in [-0.2, -0.15) is 0 Å². The lowest BCUT2D eigenvalue weighted by Gasteiger charge is -2.18. The summed E-state index contributed by atoms with van der Waals surface area (Å²) < 4.78 is 16.9. The van der Waals surface area contributed by atoms with Crippen LogP contribution in [0.1, 0.15) is 278 Å². The van der Waals surface area contributed by atoms with Crippen LogP contribution in [-0.4, -0.2) is 37.2 Å². The summed E-state index contributed by atoms with van der Waals surface area (Å²) in [6, 6.07) is 0. The second-order valence-electron chi connectivity index (χ2n) is 21.3. The molecule has 0 aromatic heterocycles. The Labute approximate surface area is 499 Å². The van der Waals surface area contributed by atoms with Crippen molar-refractivity contribution >= 4 is 17.9 Å². The highest BCUT2D eigenvalue weighted by Gasteiger charge is 2.19. The fourth-order valence-electron chi connectivity index (χ4n) is 8.66. The van der Waals surface area contributed by atoms with Crippen molar-refractivity contribution in [2.75, 3.05) is 13.2 Å². The minimum absolute atomic E-state index is 0.0991. The van der Waals surface area contributed by atoms with Crippen molar-refractivity contribution < 1.29 is 28.6 Å². The van der Waals surface area contributed by atoms with E-state index in [4.69, 9.17) is 14.2 Å². The highest BCUT2D eigenvalue weighted by molar-refractivity contribution is 5.71. The van der Waals surface area contributed by atoms with Crippen molar-refractivity contribution in [1.82, 2.24) is 0 Å². The van der Waals surface area contributed by atoms with Gasteiger partial charge in [0.1, 0.15) is 13.2 Å². The van der Waals surface area contributed by atoms with E-state index in [2.05, 4.69) is 179 Å². The van der Waals surface area contributed by atoms with Crippen LogP contribution in [0.15, 0.2) is 158 Å². The van der Waals surface area contributed by atoms with Crippen molar-refractivity contribution in [2.24, 2.45) is 0 Å². The Hall–Kier alpha value is -4.97. The maximum Gasteiger partial charge on any atom is 0.306 e. The second-order valence-corrected chi connectivity index (χ2v) is 21.3. The first kappa shape index (κ1) is 76.0. The zero-order valence-corrected chi connectivity index (χ0v) is 52.2. The number of esters is 3. The number of hydrogen-bond acceptors (Lipinski definition) is 6. The van der Waals surface area contributed by atoms with Crippen LogP contribution in [0.25, 0.3) is 0 Å². The first-order valence-electron chi connectivity index (χ1n) is 33.0. The molecule has 0 spiro atoms. The molecule has 0 aliphatic heterocycles. The van der Waals surface area contributed by atoms with E-state index in [1.807, 2.05) is 0 Å². The molecule has 0 aromatic carbocycles. The molecule has 0 fully saturated rings. The first-order valence-corrected chi connectivity index (χ1v) is 33.0. The van der Waals surface area contributed by atoms with Gasteiger partial charge in [-0.15, -0.1) is 0 Å². The van der Waals surface area contributed by atoms with E-state index < -0.39 is 6.10 Å². The van der Waals surface area contributed by atoms with Gasteiger partial charge in [0.25, 0.3) is 0 Å². The number of allylic oxidation sites excluding steroid dienone is 26. The van der Waals surface area contributed by atoms with E-state index in [9.17, 15) is 14.4 Å². The van der Waals surface area contributed by atoms with Gasteiger partial charge in [-0.05, 0) is 128 Å². The number of ether oxygens (including phenoxy) is 3. The third-order valence-electron chi connectivity index (χ3n) is 13.5. The molecule has 1 unspecified atom stereocenters. The molecule has 456 valence electrons. The highest BCUT2D eigenvalue weighted by Crippen LogP contribution is 2.15. The van der Waals surface area contributed by atoms with Gasteiger partial charge < -0.3 is 14.2 Å². The van der Waals surface area contributed by atoms with Crippen LogP contribution >= 0.6 is 0 Å². The summed E-state index contributed by atoms with van der Waals surface area (Å²) in [5.41, 5.74) is 0. The minimum Gasteiger partial charge on any atom is -0.462 e. The topological polar surface area (TPSA) is 78.9 Å². The van der Waals surface area contributed by atoms with Crippen molar-refractivity contribution in [2.45, 2.75) is 284 Å². The summed E-state index contributed by atoms with van der Waals surface area (Å²) in [5, 5.41) is 0. The summed E-state index contributed by atoms with van der Waals surface area (Å²) in [6.45, 7) is 6.38. The predicted molar refractivity (Wildman–Crippen MR) is 352 cm³/mol. The summed E-state index contributed by atoms with van der Waals surface area (Å²) >= 11 is 0. The van der Waals surface area contributed by atoms with Crippen molar-refractivity contribution in [3.63, 3.8) is 0 Å². The maximum absolute atomic E-state index is 12.9. The molecule has 1 atom stereocenters. The lowest BCUT2D eigenvalue weighted by atomic mass is 10.0. The van der Waals surface area contributed by atoms with Crippen LogP contribution in [0.2, 0.25) is 0 Å². The fourth-order valence-corrected chi connectivity index (χ4v) is 8.66. The standard InChI is InChI=1S/C75H120O6/c1-4-7-10-13-16-19-22-25-27-29-31-33-35-36-37-38-40-41-43-45-47-50-53-56-59-62-65-68-74(77)80-71-72(70-79-73(76)67-64-61-58-55-52-49-24-21-18-15-12-9-6-3)81-75(78)69-66-63-60-57-54-51-48-46-44-42-39-34-32-30-28-26-23-20-17-14-11-8-5-2/h7-8,10-11,16-17,19-20,25-28,31-34,36-37,40-42,44-45,47-48,51,72H,4-6,9,12-15,18,21-24,29-30,35,38-39,43,46,49-50,52-71H2,1-3H3/b10-7-,11-8-,19-16-,20-17-,27-25-,28-26-,33-31-,34-32-,37-36-,41-40-,44-42-,47-45-,51-48-. The minimum atomic E-state index is -0.808. The molecule has 0 aliphatic carbocycles. The average molecular weight is 1120 g/mol. The number of unbranched alkanes of at least 4 members (excludes halogenated alkanes) is 21. The van der Waals surface area contributed by atoms with E-state index in [0.717, 1.165) is 173 Å². The molecule has 0 radical (unpaired) electrons. The predicted octanol–water partition coefficient (Wildman–Crippen LogP) is 22.9. The van der Waals surface area contributed by atoms with Gasteiger partial charge in [0.2, 0.25) is 0 Å². The number of carbonyl (C=O) groups excluding carboxylic acids is 3. The van der Waals surface area contributed by atoms with Gasteiger partial charge in [0.15, 0.2) is 6.10 Å². The molecule has 81 heavy (non-hydrogen) atoms. The number of rotatable bonds is 58. The monoisotopic (exact) mass is 1120 g/mol. The quantitative estimate of drug-likeness (QED) is 0.0261. The Kier molecular flexibility index (Phi) is 63.4. The molecule has 6 nitrogen and oxygen atoms in total. The van der Waals surface area contributed by atoms with E-state index in [1.54, 1.807) is 0 Å². The van der Waals surface area contributed by atoms with Crippen molar-refractivity contribution in [1.29, 1.82) is 0 Å². The number of hydrogen-bond donors (Lipinski definition) is 0. The van der Waals surface area contributed by atoms with Crippen LogP contribution in [0.4, 0.5) is 0 Å². The van der Waals surface area contributed by atoms with Gasteiger partial charge in [-0.25, -0.2) is 0 Å². The Bertz CT molecular complexity index is 1810. The third kappa shape index (κ3) is 65.7. The molecule has 0 saturated heterocycles. The molecule has 0 N–H and O–H groups in total. The van der Waals surface area contributed by atoms with Gasteiger partial charge in [0, 0.05) is 19.3 Å². The third-order valence-corrected chi connectivity index (χ3v) is 13.5. The van der Waals surface area contributed by atoms with Gasteiger partial charge in [-0.1, -0.05) is 288 Å². The van der Waals surface area contributed by atoms with Gasteiger partial charge in [-0.3, -0.25) is 14.4 Å². The van der Waals surface area contributed by atoms with E-state index in [0.29, 0.717) is 12.8 Å². The van der Waals surface area contributed by atoms with Crippen LogP contribution in [-0.2, 0) is 28.6 Å². The van der Waals surface area contributed by atoms with E-state index >= 15 is 0 Å². The summed E-state index contributed by atoms with van der Waals surface area (Å²) in [7, 11) is 0. The van der Waals surface area contributed by atoms with Crippen molar-refractivity contribution in [3.05, 3.63) is 158 Å². The first-order chi connectivity index (χ1) is 40.0.